The fourth-order valence-corrected chi connectivity index (χ4v) is 4.23. The van der Waals surface area contributed by atoms with Crippen LogP contribution in [-0.2, 0) is 16.4 Å². The standard InChI is InChI=1S/C16H17NO5S2/c1-11(18)16-5-2-12(23-16)6-7-17-24(19,20)13-3-4-14-15(10-13)22-9-8-21-14/h2-5,10,17H,6-9H2,1H3. The Morgan fingerprint density at radius 2 is 1.92 bits per heavy atom. The molecule has 0 unspecified atom stereocenters. The van der Waals surface area contributed by atoms with Crippen LogP contribution in [0.2, 0.25) is 0 Å². The Kier molecular flexibility index (Phi) is 4.88. The lowest BCUT2D eigenvalue weighted by Crippen LogP contribution is -2.26. The van der Waals surface area contributed by atoms with E-state index in [0.29, 0.717) is 36.0 Å². The molecule has 128 valence electrons. The van der Waals surface area contributed by atoms with Crippen LogP contribution in [0.4, 0.5) is 0 Å². The lowest BCUT2D eigenvalue weighted by Gasteiger charge is -2.18. The highest BCUT2D eigenvalue weighted by Gasteiger charge is 2.19. The molecule has 0 saturated heterocycles. The summed E-state index contributed by atoms with van der Waals surface area (Å²) in [6.45, 7) is 2.63. The largest absolute Gasteiger partial charge is 0.486 e. The number of benzene rings is 1. The van der Waals surface area contributed by atoms with Gasteiger partial charge in [0.05, 0.1) is 9.77 Å². The molecule has 0 fully saturated rings. The highest BCUT2D eigenvalue weighted by Crippen LogP contribution is 2.32. The van der Waals surface area contributed by atoms with Gasteiger partial charge in [0.15, 0.2) is 17.3 Å². The van der Waals surface area contributed by atoms with Crippen molar-refractivity contribution in [2.24, 2.45) is 0 Å². The number of ether oxygens (including phenoxy) is 2. The van der Waals surface area contributed by atoms with Gasteiger partial charge in [-0.1, -0.05) is 0 Å². The van der Waals surface area contributed by atoms with Gasteiger partial charge in [-0.25, -0.2) is 13.1 Å². The first kappa shape index (κ1) is 16.9. The van der Waals surface area contributed by atoms with Crippen molar-refractivity contribution in [3.05, 3.63) is 40.1 Å². The third-order valence-electron chi connectivity index (χ3n) is 3.50. The summed E-state index contributed by atoms with van der Waals surface area (Å²) in [7, 11) is -3.62. The van der Waals surface area contributed by atoms with Gasteiger partial charge < -0.3 is 9.47 Å². The molecule has 0 radical (unpaired) electrons. The molecule has 0 atom stereocenters. The van der Waals surface area contributed by atoms with Gasteiger partial charge in [0, 0.05) is 17.5 Å². The summed E-state index contributed by atoms with van der Waals surface area (Å²) in [5.74, 6) is 1.01. The van der Waals surface area contributed by atoms with Crippen LogP contribution in [0.5, 0.6) is 11.5 Å². The topological polar surface area (TPSA) is 81.7 Å². The Labute approximate surface area is 144 Å². The third-order valence-corrected chi connectivity index (χ3v) is 6.20. The van der Waals surface area contributed by atoms with Gasteiger partial charge in [-0.15, -0.1) is 11.3 Å². The zero-order valence-corrected chi connectivity index (χ0v) is 14.7. The van der Waals surface area contributed by atoms with Crippen molar-refractivity contribution in [2.75, 3.05) is 19.8 Å². The lowest BCUT2D eigenvalue weighted by molar-refractivity contribution is 0.102. The third kappa shape index (κ3) is 3.77. The number of nitrogens with one attached hydrogen (secondary N) is 1. The summed E-state index contributed by atoms with van der Waals surface area (Å²) in [5.41, 5.74) is 0. The van der Waals surface area contributed by atoms with E-state index in [1.54, 1.807) is 12.1 Å². The first-order chi connectivity index (χ1) is 11.5. The molecule has 0 aliphatic carbocycles. The van der Waals surface area contributed by atoms with E-state index in [4.69, 9.17) is 9.47 Å². The Morgan fingerprint density at radius 1 is 1.17 bits per heavy atom. The summed E-state index contributed by atoms with van der Waals surface area (Å²) in [6.07, 6.45) is 0.529. The molecular formula is C16H17NO5S2. The maximum Gasteiger partial charge on any atom is 0.240 e. The van der Waals surface area contributed by atoms with Gasteiger partial charge in [-0.3, -0.25) is 4.79 Å². The van der Waals surface area contributed by atoms with E-state index in [9.17, 15) is 13.2 Å². The average Bonchev–Trinajstić information content (AvgIpc) is 3.03. The van der Waals surface area contributed by atoms with Crippen molar-refractivity contribution in [1.29, 1.82) is 0 Å². The molecule has 24 heavy (non-hydrogen) atoms. The molecule has 6 nitrogen and oxygen atoms in total. The molecule has 1 N–H and O–H groups in total. The number of thiophene rings is 1. The van der Waals surface area contributed by atoms with E-state index in [-0.39, 0.29) is 17.2 Å². The van der Waals surface area contributed by atoms with Gasteiger partial charge in [0.2, 0.25) is 10.0 Å². The second kappa shape index (κ2) is 6.92. The Balaban J connectivity index is 1.64. The van der Waals surface area contributed by atoms with Gasteiger partial charge in [0.25, 0.3) is 0 Å². The normalized spacial score (nSPS) is 13.7. The maximum atomic E-state index is 12.4. The summed E-state index contributed by atoms with van der Waals surface area (Å²) < 4.78 is 38.1. The van der Waals surface area contributed by atoms with Crippen LogP contribution in [0.15, 0.2) is 35.2 Å². The monoisotopic (exact) mass is 367 g/mol. The van der Waals surface area contributed by atoms with Gasteiger partial charge in [-0.05, 0) is 37.6 Å². The highest BCUT2D eigenvalue weighted by molar-refractivity contribution is 7.89. The number of hydrogen-bond donors (Lipinski definition) is 1. The van der Waals surface area contributed by atoms with Crippen LogP contribution < -0.4 is 14.2 Å². The van der Waals surface area contributed by atoms with E-state index < -0.39 is 10.0 Å². The minimum Gasteiger partial charge on any atom is -0.486 e. The van der Waals surface area contributed by atoms with E-state index in [1.165, 1.54) is 30.4 Å². The minimum absolute atomic E-state index is 0.0168. The predicted octanol–water partition coefficient (Wildman–Crippen LogP) is 2.24. The molecule has 8 heteroatoms. The van der Waals surface area contributed by atoms with Gasteiger partial charge in [-0.2, -0.15) is 0 Å². The molecule has 1 aliphatic heterocycles. The number of carbonyl (C=O) groups excluding carboxylic acids is 1. The highest BCUT2D eigenvalue weighted by atomic mass is 32.2. The zero-order valence-electron chi connectivity index (χ0n) is 13.1. The van der Waals surface area contributed by atoms with Crippen LogP contribution in [-0.4, -0.2) is 34.0 Å². The molecule has 1 aromatic heterocycles. The molecular weight excluding hydrogens is 350 g/mol. The molecule has 2 heterocycles. The van der Waals surface area contributed by atoms with Crippen molar-refractivity contribution in [1.82, 2.24) is 4.72 Å². The Bertz CT molecular complexity index is 857. The van der Waals surface area contributed by atoms with E-state index in [1.807, 2.05) is 6.07 Å². The molecule has 1 aromatic carbocycles. The van der Waals surface area contributed by atoms with Gasteiger partial charge >= 0.3 is 0 Å². The first-order valence-electron chi connectivity index (χ1n) is 7.45. The summed E-state index contributed by atoms with van der Waals surface area (Å²) >= 11 is 1.39. The molecule has 0 saturated carbocycles. The minimum atomic E-state index is -3.62. The number of hydrogen-bond acceptors (Lipinski definition) is 6. The number of ketones is 1. The fourth-order valence-electron chi connectivity index (χ4n) is 2.28. The smallest absolute Gasteiger partial charge is 0.240 e. The SMILES string of the molecule is CC(=O)c1ccc(CCNS(=O)(=O)c2ccc3c(c2)OCCO3)s1. The molecule has 0 amide bonds. The number of fused-ring (bicyclic) bond motifs is 1. The van der Waals surface area contributed by atoms with E-state index in [0.717, 1.165) is 4.88 Å². The van der Waals surface area contributed by atoms with E-state index in [2.05, 4.69) is 4.72 Å². The molecule has 1 aliphatic rings. The lowest BCUT2D eigenvalue weighted by atomic mass is 10.3. The zero-order chi connectivity index (χ0) is 17.2. The maximum absolute atomic E-state index is 12.4. The summed E-state index contributed by atoms with van der Waals surface area (Å²) in [5, 5.41) is 0. The average molecular weight is 367 g/mol. The van der Waals surface area contributed by atoms with Crippen molar-refractivity contribution in [2.45, 2.75) is 18.2 Å². The summed E-state index contributed by atoms with van der Waals surface area (Å²) in [4.78, 5) is 13.1. The molecule has 3 rings (SSSR count). The van der Waals surface area contributed by atoms with Crippen molar-refractivity contribution >= 4 is 27.1 Å². The quantitative estimate of drug-likeness (QED) is 0.792. The number of sulfonamides is 1. The van der Waals surface area contributed by atoms with Crippen molar-refractivity contribution in [3.8, 4) is 11.5 Å². The Hall–Kier alpha value is -1.90. The summed E-state index contributed by atoms with van der Waals surface area (Å²) in [6, 6.07) is 8.17. The fraction of sp³-hybridized carbons (Fsp3) is 0.312. The second-order valence-electron chi connectivity index (χ2n) is 5.28. The van der Waals surface area contributed by atoms with Crippen LogP contribution in [0.3, 0.4) is 0 Å². The second-order valence-corrected chi connectivity index (χ2v) is 8.21. The number of rotatable bonds is 6. The van der Waals surface area contributed by atoms with Crippen LogP contribution in [0.25, 0.3) is 0 Å². The van der Waals surface area contributed by atoms with Crippen molar-refractivity contribution < 1.29 is 22.7 Å². The van der Waals surface area contributed by atoms with Crippen LogP contribution >= 0.6 is 11.3 Å². The molecule has 0 bridgehead atoms. The molecule has 0 spiro atoms. The predicted molar refractivity (Wildman–Crippen MR) is 90.6 cm³/mol. The van der Waals surface area contributed by atoms with Gasteiger partial charge in [0.1, 0.15) is 13.2 Å². The number of carbonyl (C=O) groups is 1. The van der Waals surface area contributed by atoms with Crippen LogP contribution in [0.1, 0.15) is 21.5 Å². The van der Waals surface area contributed by atoms with Crippen LogP contribution in [0, 0.1) is 0 Å². The van der Waals surface area contributed by atoms with Crippen molar-refractivity contribution in [3.63, 3.8) is 0 Å². The number of Topliss-reactive ketones (excluding diaryl/α,β-unsaturated/α-hetero) is 1. The Morgan fingerprint density at radius 3 is 2.62 bits per heavy atom. The van der Waals surface area contributed by atoms with E-state index >= 15 is 0 Å². The first-order valence-corrected chi connectivity index (χ1v) is 9.75. The molecule has 2 aromatic rings.